The molecule has 0 radical (unpaired) electrons. The van der Waals surface area contributed by atoms with Crippen molar-refractivity contribution in [3.63, 3.8) is 0 Å². The fourth-order valence-electron chi connectivity index (χ4n) is 3.36. The first-order valence-electron chi connectivity index (χ1n) is 9.61. The maximum atomic E-state index is 13.8. The number of alkyl halides is 3. The van der Waals surface area contributed by atoms with Crippen molar-refractivity contribution in [1.29, 1.82) is 0 Å². The van der Waals surface area contributed by atoms with Gasteiger partial charge in [0.2, 0.25) is 11.8 Å². The van der Waals surface area contributed by atoms with Gasteiger partial charge in [0.15, 0.2) is 5.82 Å². The smallest absolute Gasteiger partial charge is 0.406 e. The number of nitrogens with one attached hydrogen (secondary N) is 2. The van der Waals surface area contributed by atoms with Crippen molar-refractivity contribution < 1.29 is 31.9 Å². The predicted molar refractivity (Wildman–Crippen MR) is 110 cm³/mol. The van der Waals surface area contributed by atoms with E-state index in [1.165, 1.54) is 41.1 Å². The molecule has 1 aliphatic rings. The Morgan fingerprint density at radius 3 is 2.61 bits per heavy atom. The summed E-state index contributed by atoms with van der Waals surface area (Å²) in [5, 5.41) is 9.36. The maximum Gasteiger partial charge on any atom is 0.573 e. The Morgan fingerprint density at radius 1 is 1.18 bits per heavy atom. The Morgan fingerprint density at radius 2 is 1.94 bits per heavy atom. The highest BCUT2D eigenvalue weighted by atomic mass is 19.4. The number of hydrogen-bond acceptors (Lipinski definition) is 4. The second kappa shape index (κ2) is 8.41. The Balaban J connectivity index is 1.72. The van der Waals surface area contributed by atoms with Crippen LogP contribution < -0.4 is 15.4 Å². The van der Waals surface area contributed by atoms with E-state index in [-0.39, 0.29) is 34.9 Å². The number of amides is 2. The number of rotatable bonds is 5. The van der Waals surface area contributed by atoms with Gasteiger partial charge in [-0.1, -0.05) is 24.8 Å². The first-order valence-corrected chi connectivity index (χ1v) is 9.61. The van der Waals surface area contributed by atoms with Crippen LogP contribution >= 0.6 is 0 Å². The molecule has 2 heterocycles. The molecule has 2 aromatic carbocycles. The highest BCUT2D eigenvalue weighted by molar-refractivity contribution is 6.06. The molecule has 1 atom stereocenters. The van der Waals surface area contributed by atoms with Crippen LogP contribution in [0.25, 0.3) is 16.9 Å². The van der Waals surface area contributed by atoms with E-state index < -0.39 is 35.7 Å². The molecular formula is C22H16F4N4O3. The number of carbonyl (C=O) groups excluding carboxylic acids is 2. The van der Waals surface area contributed by atoms with Gasteiger partial charge < -0.3 is 15.4 Å². The topological polar surface area (TPSA) is 85.3 Å². The van der Waals surface area contributed by atoms with Gasteiger partial charge in [-0.05, 0) is 30.3 Å². The summed E-state index contributed by atoms with van der Waals surface area (Å²) in [4.78, 5) is 24.2. The third-order valence-electron chi connectivity index (χ3n) is 4.87. The zero-order chi connectivity index (χ0) is 23.8. The van der Waals surface area contributed by atoms with E-state index >= 15 is 0 Å². The molecule has 1 fully saturated rings. The van der Waals surface area contributed by atoms with Crippen molar-refractivity contribution in [3.05, 3.63) is 72.6 Å². The molecule has 0 saturated carbocycles. The molecule has 2 amide bonds. The second-order valence-corrected chi connectivity index (χ2v) is 7.16. The Kier molecular flexibility index (Phi) is 5.62. The summed E-state index contributed by atoms with van der Waals surface area (Å²) in [5.74, 6) is -2.73. The van der Waals surface area contributed by atoms with Gasteiger partial charge in [-0.15, -0.1) is 18.3 Å². The fraction of sp³-hybridized carbons (Fsp3) is 0.136. The van der Waals surface area contributed by atoms with E-state index in [0.717, 1.165) is 12.1 Å². The normalized spacial score (nSPS) is 15.9. The lowest BCUT2D eigenvalue weighted by Gasteiger charge is -2.11. The van der Waals surface area contributed by atoms with Gasteiger partial charge in [-0.3, -0.25) is 9.59 Å². The summed E-state index contributed by atoms with van der Waals surface area (Å²) in [6, 6.07) is 12.0. The summed E-state index contributed by atoms with van der Waals surface area (Å²) in [5.41, 5.74) is 0.920. The van der Waals surface area contributed by atoms with Crippen LogP contribution in [0, 0.1) is 11.7 Å². The van der Waals surface area contributed by atoms with Crippen LogP contribution in [-0.2, 0) is 9.59 Å². The molecule has 170 valence electrons. The Labute approximate surface area is 184 Å². The standard InChI is InChI=1S/C22H16F4N4O3/c1-12-17(11-27-20(12)31)21(32)28-19-10-18(30(29-19)15-6-3-5-14(23)9-15)13-4-2-7-16(8-13)33-22(24,25)26/h2-10,17H,1,11H2,(H,27,31)(H,28,29,32)/t17-/m0/s1. The lowest BCUT2D eigenvalue weighted by Crippen LogP contribution is -2.25. The minimum atomic E-state index is -4.88. The zero-order valence-corrected chi connectivity index (χ0v) is 16.8. The van der Waals surface area contributed by atoms with E-state index in [1.54, 1.807) is 6.07 Å². The van der Waals surface area contributed by atoms with E-state index in [9.17, 15) is 27.2 Å². The van der Waals surface area contributed by atoms with Crippen molar-refractivity contribution in [1.82, 2.24) is 15.1 Å². The number of ether oxygens (including phenoxy) is 1. The quantitative estimate of drug-likeness (QED) is 0.448. The van der Waals surface area contributed by atoms with Crippen molar-refractivity contribution in [3.8, 4) is 22.7 Å². The monoisotopic (exact) mass is 460 g/mol. The third kappa shape index (κ3) is 4.86. The number of carbonyl (C=O) groups is 2. The fourth-order valence-corrected chi connectivity index (χ4v) is 3.36. The number of aromatic nitrogens is 2. The SMILES string of the molecule is C=C1C(=O)NC[C@@H]1C(=O)Nc1cc(-c2cccc(OC(F)(F)F)c2)n(-c2cccc(F)c2)n1. The van der Waals surface area contributed by atoms with E-state index in [1.807, 2.05) is 0 Å². The summed E-state index contributed by atoms with van der Waals surface area (Å²) >= 11 is 0. The highest BCUT2D eigenvalue weighted by Crippen LogP contribution is 2.31. The second-order valence-electron chi connectivity index (χ2n) is 7.16. The van der Waals surface area contributed by atoms with Crippen molar-refractivity contribution in [2.75, 3.05) is 11.9 Å². The molecule has 11 heteroatoms. The van der Waals surface area contributed by atoms with Crippen LogP contribution in [-0.4, -0.2) is 34.5 Å². The molecule has 1 saturated heterocycles. The molecule has 33 heavy (non-hydrogen) atoms. The summed E-state index contributed by atoms with van der Waals surface area (Å²) < 4.78 is 57.1. The van der Waals surface area contributed by atoms with Crippen LogP contribution in [0.2, 0.25) is 0 Å². The van der Waals surface area contributed by atoms with Gasteiger partial charge in [-0.2, -0.15) is 0 Å². The van der Waals surface area contributed by atoms with Crippen LogP contribution in [0.4, 0.5) is 23.4 Å². The van der Waals surface area contributed by atoms with Gasteiger partial charge in [0.25, 0.3) is 0 Å². The number of benzene rings is 2. The first-order chi connectivity index (χ1) is 15.6. The van der Waals surface area contributed by atoms with Crippen LogP contribution in [0.3, 0.4) is 0 Å². The van der Waals surface area contributed by atoms with Crippen molar-refractivity contribution >= 4 is 17.6 Å². The molecule has 1 aliphatic heterocycles. The molecule has 4 rings (SSSR count). The van der Waals surface area contributed by atoms with Crippen molar-refractivity contribution in [2.24, 2.45) is 5.92 Å². The molecule has 2 N–H and O–H groups in total. The lowest BCUT2D eigenvalue weighted by atomic mass is 10.0. The first kappa shape index (κ1) is 22.1. The van der Waals surface area contributed by atoms with E-state index in [4.69, 9.17) is 0 Å². The summed E-state index contributed by atoms with van der Waals surface area (Å²) in [6.07, 6.45) is -4.88. The predicted octanol–water partition coefficient (Wildman–Crippen LogP) is 3.82. The van der Waals surface area contributed by atoms with Crippen LogP contribution in [0.1, 0.15) is 0 Å². The minimum Gasteiger partial charge on any atom is -0.406 e. The zero-order valence-electron chi connectivity index (χ0n) is 16.8. The van der Waals surface area contributed by atoms with Gasteiger partial charge >= 0.3 is 6.36 Å². The summed E-state index contributed by atoms with van der Waals surface area (Å²) in [6.45, 7) is 3.68. The maximum absolute atomic E-state index is 13.8. The molecule has 1 aromatic heterocycles. The van der Waals surface area contributed by atoms with Gasteiger partial charge in [0.1, 0.15) is 11.6 Å². The molecule has 7 nitrogen and oxygen atoms in total. The minimum absolute atomic E-state index is 0.0496. The number of nitrogens with zero attached hydrogens (tertiary/aromatic N) is 2. The Bertz CT molecular complexity index is 1250. The summed E-state index contributed by atoms with van der Waals surface area (Å²) in [7, 11) is 0. The lowest BCUT2D eigenvalue weighted by molar-refractivity contribution is -0.274. The molecule has 0 aliphatic carbocycles. The van der Waals surface area contributed by atoms with E-state index in [0.29, 0.717) is 0 Å². The third-order valence-corrected chi connectivity index (χ3v) is 4.87. The number of halogens is 4. The van der Waals surface area contributed by atoms with Crippen LogP contribution in [0.15, 0.2) is 66.7 Å². The number of hydrogen-bond donors (Lipinski definition) is 2. The molecule has 0 spiro atoms. The van der Waals surface area contributed by atoms with Crippen molar-refractivity contribution in [2.45, 2.75) is 6.36 Å². The molecular weight excluding hydrogens is 444 g/mol. The largest absolute Gasteiger partial charge is 0.573 e. The molecule has 0 unspecified atom stereocenters. The van der Waals surface area contributed by atoms with E-state index in [2.05, 4.69) is 27.0 Å². The number of anilines is 1. The van der Waals surface area contributed by atoms with Gasteiger partial charge in [0.05, 0.1) is 17.3 Å². The average molecular weight is 460 g/mol. The molecule has 3 aromatic rings. The highest BCUT2D eigenvalue weighted by Gasteiger charge is 2.33. The van der Waals surface area contributed by atoms with Gasteiger partial charge in [0, 0.05) is 23.7 Å². The molecule has 0 bridgehead atoms. The average Bonchev–Trinajstić information content (AvgIpc) is 3.30. The van der Waals surface area contributed by atoms with Gasteiger partial charge in [-0.25, -0.2) is 9.07 Å². The van der Waals surface area contributed by atoms with Crippen LogP contribution in [0.5, 0.6) is 5.75 Å². The Hall–Kier alpha value is -4.15.